The number of hydrogen-bond donors (Lipinski definition) is 4. The van der Waals surface area contributed by atoms with Gasteiger partial charge in [0.25, 0.3) is 11.8 Å². The van der Waals surface area contributed by atoms with Crippen molar-refractivity contribution in [1.29, 1.82) is 0 Å². The van der Waals surface area contributed by atoms with Crippen molar-refractivity contribution in [2.75, 3.05) is 42.1 Å². The molecule has 0 spiro atoms. The van der Waals surface area contributed by atoms with Gasteiger partial charge in [0.2, 0.25) is 0 Å². The number of benzene rings is 3. The van der Waals surface area contributed by atoms with Crippen LogP contribution in [0, 0.1) is 0 Å². The maximum absolute atomic E-state index is 13.3. The van der Waals surface area contributed by atoms with Gasteiger partial charge in [-0.2, -0.15) is 26.3 Å². The highest BCUT2D eigenvalue weighted by molar-refractivity contribution is 6.11. The second kappa shape index (κ2) is 12.8. The molecule has 3 aromatic rings. The Morgan fingerprint density at radius 1 is 0.818 bits per heavy atom. The van der Waals surface area contributed by atoms with Crippen molar-refractivity contribution >= 4 is 34.6 Å². The summed E-state index contributed by atoms with van der Waals surface area (Å²) < 4.78 is 79.9. The molecule has 2 amide bonds. The van der Waals surface area contributed by atoms with Crippen LogP contribution in [-0.4, -0.2) is 42.9 Å². The minimum absolute atomic E-state index is 0.0383. The zero-order valence-corrected chi connectivity index (χ0v) is 23.6. The molecule has 0 atom stereocenters. The van der Waals surface area contributed by atoms with Crippen molar-refractivity contribution in [3.63, 3.8) is 0 Å². The Kier molecular flexibility index (Phi) is 9.05. The molecule has 4 N–H and O–H groups in total. The molecular formula is C31H31F6N5O2. The Balaban J connectivity index is 1.27. The lowest BCUT2D eigenvalue weighted by molar-refractivity contribution is -0.143. The standard InChI is InChI=1S/C31H31F6N5O2/c32-30(33,34)20-15-21(31(35,36)37)17-23(16-20)40-25-9-10-26(27-24(25)18-39-29(27)44)41-28(43)19-5-7-22(8-6-19)38-11-4-14-42-12-2-1-3-13-42/h5-10,15-17,38,40H,1-4,11-14,18H2,(H,39,44)(H,41,43). The van der Waals surface area contributed by atoms with E-state index in [-0.39, 0.29) is 29.5 Å². The number of halogens is 6. The minimum atomic E-state index is -5.01. The van der Waals surface area contributed by atoms with Crippen LogP contribution in [0.1, 0.15) is 63.1 Å². The molecule has 234 valence electrons. The van der Waals surface area contributed by atoms with Gasteiger partial charge in [-0.05, 0) is 93.5 Å². The summed E-state index contributed by atoms with van der Waals surface area (Å²) in [4.78, 5) is 28.1. The van der Waals surface area contributed by atoms with E-state index in [9.17, 15) is 35.9 Å². The quantitative estimate of drug-likeness (QED) is 0.150. The number of rotatable bonds is 9. The molecule has 0 radical (unpaired) electrons. The summed E-state index contributed by atoms with van der Waals surface area (Å²) in [6, 6.07) is 10.8. The van der Waals surface area contributed by atoms with E-state index in [0.29, 0.717) is 23.3 Å². The summed E-state index contributed by atoms with van der Waals surface area (Å²) in [5.41, 5.74) is -1.55. The van der Waals surface area contributed by atoms with Gasteiger partial charge in [0.1, 0.15) is 0 Å². The maximum atomic E-state index is 13.3. The number of hydrogen-bond acceptors (Lipinski definition) is 5. The number of fused-ring (bicyclic) bond motifs is 1. The van der Waals surface area contributed by atoms with Crippen LogP contribution in [0.2, 0.25) is 0 Å². The van der Waals surface area contributed by atoms with Crippen LogP contribution in [-0.2, 0) is 18.9 Å². The van der Waals surface area contributed by atoms with E-state index in [1.807, 2.05) is 0 Å². The molecule has 3 aromatic carbocycles. The number of carbonyl (C=O) groups excluding carboxylic acids is 2. The van der Waals surface area contributed by atoms with E-state index < -0.39 is 41.0 Å². The van der Waals surface area contributed by atoms with E-state index in [4.69, 9.17) is 0 Å². The molecule has 7 nitrogen and oxygen atoms in total. The molecule has 0 aliphatic carbocycles. The number of amides is 2. The van der Waals surface area contributed by atoms with Crippen LogP contribution >= 0.6 is 0 Å². The fourth-order valence-electron chi connectivity index (χ4n) is 5.40. The SMILES string of the molecule is O=C(Nc1ccc(Nc2cc(C(F)(F)F)cc(C(F)(F)F)c2)c2c1C(=O)NC2)c1ccc(NCCCN2CCCCC2)cc1. The van der Waals surface area contributed by atoms with Crippen LogP contribution in [0.5, 0.6) is 0 Å². The van der Waals surface area contributed by atoms with E-state index in [2.05, 4.69) is 26.2 Å². The van der Waals surface area contributed by atoms with Gasteiger partial charge in [0.15, 0.2) is 0 Å². The first kappa shape index (κ1) is 31.2. The molecule has 2 aliphatic heterocycles. The van der Waals surface area contributed by atoms with Crippen LogP contribution in [0.15, 0.2) is 54.6 Å². The number of piperidine rings is 1. The molecule has 2 heterocycles. The maximum Gasteiger partial charge on any atom is 0.416 e. The minimum Gasteiger partial charge on any atom is -0.385 e. The van der Waals surface area contributed by atoms with Crippen molar-refractivity contribution in [2.24, 2.45) is 0 Å². The van der Waals surface area contributed by atoms with Gasteiger partial charge in [0.05, 0.1) is 22.4 Å². The number of nitrogens with one attached hydrogen (secondary N) is 4. The fraction of sp³-hybridized carbons (Fsp3) is 0.355. The van der Waals surface area contributed by atoms with Crippen LogP contribution in [0.4, 0.5) is 49.1 Å². The third kappa shape index (κ3) is 7.44. The van der Waals surface area contributed by atoms with Crippen LogP contribution in [0.3, 0.4) is 0 Å². The lowest BCUT2D eigenvalue weighted by Crippen LogP contribution is -2.31. The monoisotopic (exact) mass is 619 g/mol. The van der Waals surface area contributed by atoms with Crippen molar-refractivity contribution in [2.45, 2.75) is 44.6 Å². The largest absolute Gasteiger partial charge is 0.416 e. The average molecular weight is 620 g/mol. The van der Waals surface area contributed by atoms with Gasteiger partial charge in [-0.15, -0.1) is 0 Å². The fourth-order valence-corrected chi connectivity index (χ4v) is 5.40. The topological polar surface area (TPSA) is 85.5 Å². The number of likely N-dealkylation sites (tertiary alicyclic amines) is 1. The summed E-state index contributed by atoms with van der Waals surface area (Å²) in [6.45, 7) is 4.08. The molecule has 1 saturated heterocycles. The molecule has 0 bridgehead atoms. The van der Waals surface area contributed by atoms with Gasteiger partial charge < -0.3 is 26.2 Å². The van der Waals surface area contributed by atoms with Gasteiger partial charge in [-0.3, -0.25) is 9.59 Å². The number of alkyl halides is 6. The summed E-state index contributed by atoms with van der Waals surface area (Å²) in [6.07, 6.45) is -5.23. The zero-order valence-electron chi connectivity index (χ0n) is 23.6. The van der Waals surface area contributed by atoms with E-state index in [1.165, 1.54) is 31.4 Å². The lowest BCUT2D eigenvalue weighted by atomic mass is 10.0. The predicted molar refractivity (Wildman–Crippen MR) is 155 cm³/mol. The van der Waals surface area contributed by atoms with E-state index >= 15 is 0 Å². The number of anilines is 4. The molecule has 1 fully saturated rings. The summed E-state index contributed by atoms with van der Waals surface area (Å²) >= 11 is 0. The first-order chi connectivity index (χ1) is 20.9. The van der Waals surface area contributed by atoms with Gasteiger partial charge in [-0.25, -0.2) is 0 Å². The van der Waals surface area contributed by atoms with Crippen molar-refractivity contribution in [3.05, 3.63) is 82.4 Å². The first-order valence-corrected chi connectivity index (χ1v) is 14.3. The molecule has 13 heteroatoms. The molecule has 0 unspecified atom stereocenters. The number of carbonyl (C=O) groups is 2. The smallest absolute Gasteiger partial charge is 0.385 e. The lowest BCUT2D eigenvalue weighted by Gasteiger charge is -2.26. The first-order valence-electron chi connectivity index (χ1n) is 14.3. The van der Waals surface area contributed by atoms with Gasteiger partial charge in [-0.1, -0.05) is 6.42 Å². The average Bonchev–Trinajstić information content (AvgIpc) is 3.38. The molecule has 5 rings (SSSR count). The molecule has 0 saturated carbocycles. The van der Waals surface area contributed by atoms with Gasteiger partial charge in [0, 0.05) is 41.3 Å². The van der Waals surface area contributed by atoms with E-state index in [0.717, 1.165) is 38.3 Å². The zero-order chi connectivity index (χ0) is 31.5. The van der Waals surface area contributed by atoms with E-state index in [1.54, 1.807) is 24.3 Å². The third-order valence-electron chi connectivity index (χ3n) is 7.66. The molecule has 2 aliphatic rings. The van der Waals surface area contributed by atoms with Crippen molar-refractivity contribution in [1.82, 2.24) is 10.2 Å². The van der Waals surface area contributed by atoms with Crippen molar-refractivity contribution in [3.8, 4) is 0 Å². The third-order valence-corrected chi connectivity index (χ3v) is 7.66. The molecule has 44 heavy (non-hydrogen) atoms. The summed E-state index contributed by atoms with van der Waals surface area (Å²) in [5, 5.41) is 11.2. The molecular weight excluding hydrogens is 588 g/mol. The highest BCUT2D eigenvalue weighted by atomic mass is 19.4. The second-order valence-corrected chi connectivity index (χ2v) is 10.8. The van der Waals surface area contributed by atoms with Crippen LogP contribution in [0.25, 0.3) is 0 Å². The number of nitrogens with zero attached hydrogens (tertiary/aromatic N) is 1. The Labute approximate surface area is 250 Å². The summed E-state index contributed by atoms with van der Waals surface area (Å²) in [5.74, 6) is -1.03. The Bertz CT molecular complexity index is 1480. The molecule has 0 aromatic heterocycles. The highest BCUT2D eigenvalue weighted by Crippen LogP contribution is 2.39. The highest BCUT2D eigenvalue weighted by Gasteiger charge is 2.37. The Morgan fingerprint density at radius 3 is 2.09 bits per heavy atom. The predicted octanol–water partition coefficient (Wildman–Crippen LogP) is 7.25. The normalized spacial score (nSPS) is 15.5. The Morgan fingerprint density at radius 2 is 1.45 bits per heavy atom. The van der Waals surface area contributed by atoms with Gasteiger partial charge >= 0.3 is 12.4 Å². The van der Waals surface area contributed by atoms with Crippen molar-refractivity contribution < 1.29 is 35.9 Å². The second-order valence-electron chi connectivity index (χ2n) is 10.8. The Hall–Kier alpha value is -4.26. The summed E-state index contributed by atoms with van der Waals surface area (Å²) in [7, 11) is 0. The van der Waals surface area contributed by atoms with Crippen LogP contribution < -0.4 is 21.3 Å².